The highest BCUT2D eigenvalue weighted by atomic mass is 16.5. The van der Waals surface area contributed by atoms with Gasteiger partial charge in [-0.25, -0.2) is 0 Å². The maximum absolute atomic E-state index is 11.4. The predicted molar refractivity (Wildman–Crippen MR) is 158 cm³/mol. The molecule has 206 valence electrons. The van der Waals surface area contributed by atoms with Gasteiger partial charge in [-0.3, -0.25) is 4.79 Å². The Morgan fingerprint density at radius 2 is 1.49 bits per heavy atom. The van der Waals surface area contributed by atoms with Crippen LogP contribution in [0.2, 0.25) is 0 Å². The molecule has 0 amide bonds. The van der Waals surface area contributed by atoms with Gasteiger partial charge in [0.25, 0.3) is 0 Å². The molecule has 1 aliphatic rings. The van der Waals surface area contributed by atoms with E-state index < -0.39 is 6.10 Å². The maximum atomic E-state index is 11.4. The maximum Gasteiger partial charge on any atom is 0.308 e. The van der Waals surface area contributed by atoms with Gasteiger partial charge in [0, 0.05) is 13.5 Å². The Morgan fingerprint density at radius 3 is 2.08 bits per heavy atom. The summed E-state index contributed by atoms with van der Waals surface area (Å²) >= 11 is 0. The van der Waals surface area contributed by atoms with E-state index in [1.54, 1.807) is 0 Å². The number of nitrogens with one attached hydrogen (secondary N) is 1. The second-order valence-corrected chi connectivity index (χ2v) is 10.3. The van der Waals surface area contributed by atoms with Gasteiger partial charge in [-0.05, 0) is 83.8 Å². The molecule has 1 aliphatic carbocycles. The molecule has 1 fully saturated rings. The number of esters is 1. The summed E-state index contributed by atoms with van der Waals surface area (Å²) in [6, 6.07) is 26.1. The molecule has 39 heavy (non-hydrogen) atoms. The third-order valence-corrected chi connectivity index (χ3v) is 7.31. The Morgan fingerprint density at radius 1 is 0.872 bits per heavy atom. The van der Waals surface area contributed by atoms with Crippen molar-refractivity contribution in [1.82, 2.24) is 5.32 Å². The number of benzene rings is 3. The number of aliphatic hydroxyl groups is 1. The molecule has 0 heterocycles. The molecule has 5 heteroatoms. The Bertz CT molecular complexity index is 1200. The van der Waals surface area contributed by atoms with E-state index in [9.17, 15) is 9.90 Å². The summed E-state index contributed by atoms with van der Waals surface area (Å²) in [5, 5.41) is 13.8. The fourth-order valence-corrected chi connectivity index (χ4v) is 5.35. The topological polar surface area (TPSA) is 67.8 Å². The Hall–Kier alpha value is -3.41. The minimum Gasteiger partial charge on any atom is -0.491 e. The van der Waals surface area contributed by atoms with Crippen molar-refractivity contribution in [3.63, 3.8) is 0 Å². The first-order valence-electron chi connectivity index (χ1n) is 14.2. The van der Waals surface area contributed by atoms with Gasteiger partial charge in [-0.15, -0.1) is 0 Å². The lowest BCUT2D eigenvalue weighted by Gasteiger charge is -2.22. The number of aliphatic hydroxyl groups excluding tert-OH is 1. The molecule has 5 nitrogen and oxygen atoms in total. The van der Waals surface area contributed by atoms with Crippen molar-refractivity contribution in [2.45, 2.75) is 58.5 Å². The summed E-state index contributed by atoms with van der Waals surface area (Å²) in [6.07, 6.45) is 6.90. The number of hydrogen-bond donors (Lipinski definition) is 2. The molecule has 1 unspecified atom stereocenters. The zero-order chi connectivity index (χ0) is 27.5. The molecular weight excluding hydrogens is 486 g/mol. The molecular formula is C34H41NO4. The average molecular weight is 528 g/mol. The van der Waals surface area contributed by atoms with Crippen molar-refractivity contribution in [1.29, 1.82) is 0 Å². The van der Waals surface area contributed by atoms with Crippen LogP contribution in [0.3, 0.4) is 0 Å². The molecule has 0 saturated heterocycles. The van der Waals surface area contributed by atoms with Crippen LogP contribution in [0.4, 0.5) is 0 Å². The second-order valence-electron chi connectivity index (χ2n) is 10.3. The van der Waals surface area contributed by atoms with E-state index >= 15 is 0 Å². The molecule has 0 aromatic heterocycles. The molecule has 0 bridgehead atoms. The Labute approximate surface area is 232 Å². The minimum absolute atomic E-state index is 0.252. The SMILES string of the molecule is CC/C(=C(/c1ccc(OCC(O)CNCC2CCCCC2)cc1)c1ccc(OC(C)=O)cc1)c1ccccc1. The van der Waals surface area contributed by atoms with Crippen LogP contribution in [-0.4, -0.2) is 36.9 Å². The molecule has 2 N–H and O–H groups in total. The third-order valence-electron chi connectivity index (χ3n) is 7.31. The molecule has 3 aromatic rings. The third kappa shape index (κ3) is 8.54. The van der Waals surface area contributed by atoms with Crippen LogP contribution in [0.5, 0.6) is 11.5 Å². The number of rotatable bonds is 12. The summed E-state index contributed by atoms with van der Waals surface area (Å²) < 4.78 is 11.2. The summed E-state index contributed by atoms with van der Waals surface area (Å²) in [6.45, 7) is 5.34. The molecule has 0 aliphatic heterocycles. The van der Waals surface area contributed by atoms with E-state index in [-0.39, 0.29) is 12.6 Å². The van der Waals surface area contributed by atoms with Crippen LogP contribution >= 0.6 is 0 Å². The smallest absolute Gasteiger partial charge is 0.308 e. The van der Waals surface area contributed by atoms with E-state index in [0.29, 0.717) is 12.3 Å². The van der Waals surface area contributed by atoms with Gasteiger partial charge < -0.3 is 19.9 Å². The first kappa shape index (κ1) is 28.6. The zero-order valence-corrected chi connectivity index (χ0v) is 23.2. The first-order valence-corrected chi connectivity index (χ1v) is 14.2. The Balaban J connectivity index is 1.47. The highest BCUT2D eigenvalue weighted by molar-refractivity contribution is 5.98. The lowest BCUT2D eigenvalue weighted by Crippen LogP contribution is -2.34. The van der Waals surface area contributed by atoms with E-state index in [0.717, 1.165) is 41.3 Å². The molecule has 0 radical (unpaired) electrons. The lowest BCUT2D eigenvalue weighted by molar-refractivity contribution is -0.131. The summed E-state index contributed by atoms with van der Waals surface area (Å²) in [5.74, 6) is 1.66. The molecule has 0 spiro atoms. The normalized spacial score (nSPS) is 15.4. The largest absolute Gasteiger partial charge is 0.491 e. The predicted octanol–water partition coefficient (Wildman–Crippen LogP) is 6.89. The number of carbonyl (C=O) groups excluding carboxylic acids is 1. The van der Waals surface area contributed by atoms with Crippen LogP contribution in [0, 0.1) is 5.92 Å². The van der Waals surface area contributed by atoms with Crippen LogP contribution in [-0.2, 0) is 4.79 Å². The van der Waals surface area contributed by atoms with Gasteiger partial charge in [0.1, 0.15) is 24.2 Å². The molecule has 3 aromatic carbocycles. The number of hydrogen-bond acceptors (Lipinski definition) is 5. The van der Waals surface area contributed by atoms with Crippen molar-refractivity contribution in [3.05, 3.63) is 95.6 Å². The van der Waals surface area contributed by atoms with Crippen LogP contribution in [0.25, 0.3) is 11.1 Å². The van der Waals surface area contributed by atoms with Gasteiger partial charge in [-0.2, -0.15) is 0 Å². The minimum atomic E-state index is -0.552. The quantitative estimate of drug-likeness (QED) is 0.152. The average Bonchev–Trinajstić information content (AvgIpc) is 2.96. The van der Waals surface area contributed by atoms with Crippen molar-refractivity contribution in [2.75, 3.05) is 19.7 Å². The fourth-order valence-electron chi connectivity index (χ4n) is 5.35. The van der Waals surface area contributed by atoms with Crippen LogP contribution < -0.4 is 14.8 Å². The summed E-state index contributed by atoms with van der Waals surface area (Å²) in [7, 11) is 0. The Kier molecular flexibility index (Phi) is 10.8. The van der Waals surface area contributed by atoms with Gasteiger partial charge >= 0.3 is 5.97 Å². The zero-order valence-electron chi connectivity index (χ0n) is 23.2. The summed E-state index contributed by atoms with van der Waals surface area (Å²) in [5.41, 5.74) is 5.63. The van der Waals surface area contributed by atoms with Crippen LogP contribution in [0.1, 0.15) is 69.1 Å². The van der Waals surface area contributed by atoms with E-state index in [4.69, 9.17) is 9.47 Å². The molecule has 1 atom stereocenters. The molecule has 4 rings (SSSR count). The first-order chi connectivity index (χ1) is 19.0. The number of ether oxygens (including phenoxy) is 2. The van der Waals surface area contributed by atoms with Gasteiger partial charge in [-0.1, -0.05) is 80.8 Å². The van der Waals surface area contributed by atoms with Gasteiger partial charge in [0.05, 0.1) is 0 Å². The van der Waals surface area contributed by atoms with E-state index in [2.05, 4.69) is 48.6 Å². The highest BCUT2D eigenvalue weighted by Crippen LogP contribution is 2.35. The second kappa shape index (κ2) is 14.7. The standard InChI is InChI=1S/C34H41NO4/c1-3-33(27-12-8-5-9-13-27)34(29-16-20-32(21-17-29)39-25(2)36)28-14-18-31(19-15-28)38-24-30(37)23-35-22-26-10-6-4-7-11-26/h5,8-9,12-21,26,30,35,37H,3-4,6-7,10-11,22-24H2,1-2H3/b34-33+. The van der Waals surface area contributed by atoms with E-state index in [1.165, 1.54) is 50.2 Å². The molecule has 1 saturated carbocycles. The highest BCUT2D eigenvalue weighted by Gasteiger charge is 2.15. The summed E-state index contributed by atoms with van der Waals surface area (Å²) in [4.78, 5) is 11.4. The van der Waals surface area contributed by atoms with Crippen molar-refractivity contribution < 1.29 is 19.4 Å². The van der Waals surface area contributed by atoms with Crippen LogP contribution in [0.15, 0.2) is 78.9 Å². The van der Waals surface area contributed by atoms with Gasteiger partial charge in [0.15, 0.2) is 0 Å². The van der Waals surface area contributed by atoms with Gasteiger partial charge in [0.2, 0.25) is 0 Å². The van der Waals surface area contributed by atoms with Crippen molar-refractivity contribution >= 4 is 17.1 Å². The van der Waals surface area contributed by atoms with Crippen molar-refractivity contribution in [2.24, 2.45) is 5.92 Å². The van der Waals surface area contributed by atoms with Crippen molar-refractivity contribution in [3.8, 4) is 11.5 Å². The number of carbonyl (C=O) groups is 1. The monoisotopic (exact) mass is 527 g/mol. The fraction of sp³-hybridized carbons (Fsp3) is 0.382. The lowest BCUT2D eigenvalue weighted by atomic mass is 9.88. The van der Waals surface area contributed by atoms with E-state index in [1.807, 2.05) is 42.5 Å². The number of allylic oxidation sites excluding steroid dienone is 1.